The molecule has 0 saturated heterocycles. The van der Waals surface area contributed by atoms with Gasteiger partial charge in [0.15, 0.2) is 0 Å². The molecule has 0 atom stereocenters. The highest BCUT2D eigenvalue weighted by atomic mass is 32.1. The topological polar surface area (TPSA) is 0 Å². The number of hydrogen-bond acceptors (Lipinski definition) is 6. The van der Waals surface area contributed by atoms with Gasteiger partial charge in [-0.25, -0.2) is 0 Å². The van der Waals surface area contributed by atoms with Crippen LogP contribution in [0.3, 0.4) is 0 Å². The van der Waals surface area contributed by atoms with E-state index in [0.717, 1.165) is 0 Å². The first kappa shape index (κ1) is 24.8. The lowest BCUT2D eigenvalue weighted by molar-refractivity contribution is 0.666. The SMILES string of the molecule is CC1(C)c2cc3cc(-c4cccs4)sc3cc2-c2sc3c4c(sc3c21)-c1cc2sc(-c3cccs3)cc2cc1C4(C)C. The van der Waals surface area contributed by atoms with Crippen LogP contribution in [0.5, 0.6) is 0 Å². The Morgan fingerprint density at radius 2 is 0.952 bits per heavy atom. The summed E-state index contributed by atoms with van der Waals surface area (Å²) in [7, 11) is 0. The molecule has 0 amide bonds. The summed E-state index contributed by atoms with van der Waals surface area (Å²) in [5.74, 6) is 0. The zero-order chi connectivity index (χ0) is 28.1. The zero-order valence-electron chi connectivity index (χ0n) is 23.4. The lowest BCUT2D eigenvalue weighted by Gasteiger charge is -2.22. The molecule has 8 aromatic rings. The molecule has 0 nitrogen and oxygen atoms in total. The average Bonchev–Trinajstić information content (AvgIpc) is 3.79. The van der Waals surface area contributed by atoms with E-state index in [1.165, 1.54) is 81.1 Å². The highest BCUT2D eigenvalue weighted by molar-refractivity contribution is 7.32. The van der Waals surface area contributed by atoms with Crippen molar-refractivity contribution < 1.29 is 0 Å². The number of rotatable bonds is 2. The molecule has 6 heterocycles. The van der Waals surface area contributed by atoms with E-state index in [-0.39, 0.29) is 10.8 Å². The number of thiophene rings is 6. The first-order valence-electron chi connectivity index (χ1n) is 14.1. The van der Waals surface area contributed by atoms with E-state index in [2.05, 4.69) is 122 Å². The van der Waals surface area contributed by atoms with Crippen molar-refractivity contribution >= 4 is 97.6 Å². The largest absolute Gasteiger partial charge is 0.143 e. The van der Waals surface area contributed by atoms with E-state index in [9.17, 15) is 0 Å². The van der Waals surface area contributed by atoms with Crippen LogP contribution in [0.4, 0.5) is 0 Å². The number of hydrogen-bond donors (Lipinski definition) is 0. The fourth-order valence-corrected chi connectivity index (χ4v) is 14.8. The third-order valence-electron chi connectivity index (χ3n) is 9.45. The van der Waals surface area contributed by atoms with Gasteiger partial charge in [-0.2, -0.15) is 0 Å². The normalized spacial score (nSPS) is 16.0. The molecule has 0 aliphatic heterocycles. The predicted octanol–water partition coefficient (Wildman–Crippen LogP) is 13.5. The van der Waals surface area contributed by atoms with Gasteiger partial charge in [-0.05, 0) is 103 Å². The zero-order valence-corrected chi connectivity index (χ0v) is 28.3. The maximum absolute atomic E-state index is 2.50. The molecule has 0 bridgehead atoms. The fourth-order valence-electron chi connectivity index (χ4n) is 7.38. The van der Waals surface area contributed by atoms with Crippen molar-refractivity contribution in [1.29, 1.82) is 0 Å². The Morgan fingerprint density at radius 1 is 0.500 bits per heavy atom. The lowest BCUT2D eigenvalue weighted by Crippen LogP contribution is -2.15. The monoisotopic (exact) mass is 648 g/mol. The first-order valence-corrected chi connectivity index (χ1v) is 19.2. The van der Waals surface area contributed by atoms with Crippen molar-refractivity contribution in [2.45, 2.75) is 38.5 Å². The Labute approximate surface area is 268 Å². The molecular weight excluding hydrogens is 625 g/mol. The van der Waals surface area contributed by atoms with Crippen molar-refractivity contribution in [3.05, 3.63) is 93.7 Å². The Kier molecular flexibility index (Phi) is 4.80. The Balaban J connectivity index is 1.17. The molecule has 6 aromatic heterocycles. The second-order valence-corrected chi connectivity index (χ2v) is 18.7. The van der Waals surface area contributed by atoms with E-state index in [1.807, 2.05) is 45.3 Å². The maximum atomic E-state index is 2.50. The summed E-state index contributed by atoms with van der Waals surface area (Å²) in [4.78, 5) is 8.50. The lowest BCUT2D eigenvalue weighted by atomic mass is 9.81. The van der Waals surface area contributed by atoms with Gasteiger partial charge in [-0.3, -0.25) is 0 Å². The van der Waals surface area contributed by atoms with Crippen LogP contribution in [0, 0.1) is 0 Å². The van der Waals surface area contributed by atoms with Crippen molar-refractivity contribution in [3.63, 3.8) is 0 Å². The van der Waals surface area contributed by atoms with Crippen LogP contribution in [-0.4, -0.2) is 0 Å². The van der Waals surface area contributed by atoms with Gasteiger partial charge < -0.3 is 0 Å². The minimum Gasteiger partial charge on any atom is -0.143 e. The first-order chi connectivity index (χ1) is 20.3. The van der Waals surface area contributed by atoms with Crippen molar-refractivity contribution in [1.82, 2.24) is 0 Å². The summed E-state index contributed by atoms with van der Waals surface area (Å²) in [5.41, 5.74) is 8.98. The van der Waals surface area contributed by atoms with Gasteiger partial charge >= 0.3 is 0 Å². The molecule has 204 valence electrons. The number of fused-ring (bicyclic) bond motifs is 11. The smallest absolute Gasteiger partial charge is 0.0507 e. The molecule has 42 heavy (non-hydrogen) atoms. The molecule has 2 aliphatic rings. The standard InChI is InChI=1S/C36H24S6/c1-35(2)21-11-17-13-27(23-7-5-9-37-23)39-25(17)15-19(21)31-29(35)33-34(41-31)30-32(42-33)20-16-26-18(12-22(20)36(30,3)4)14-28(40-26)24-8-6-10-38-24/h5-16H,1-4H3. The van der Waals surface area contributed by atoms with Crippen LogP contribution in [0.25, 0.3) is 70.0 Å². The molecule has 10 rings (SSSR count). The summed E-state index contributed by atoms with van der Waals surface area (Å²) >= 11 is 11.7. The Morgan fingerprint density at radius 3 is 1.36 bits per heavy atom. The molecule has 0 spiro atoms. The summed E-state index contributed by atoms with van der Waals surface area (Å²) in [6, 6.07) is 23.6. The van der Waals surface area contributed by atoms with E-state index >= 15 is 0 Å². The third-order valence-corrected chi connectivity index (χ3v) is 16.4. The second kappa shape index (κ2) is 8.12. The van der Waals surface area contributed by atoms with Gasteiger partial charge in [0.1, 0.15) is 0 Å². The third kappa shape index (κ3) is 3.06. The minimum atomic E-state index is -0.0129. The van der Waals surface area contributed by atoms with E-state index < -0.39 is 0 Å². The summed E-state index contributed by atoms with van der Waals surface area (Å²) in [6.45, 7) is 9.81. The van der Waals surface area contributed by atoms with E-state index in [1.54, 1.807) is 11.1 Å². The quantitative estimate of drug-likeness (QED) is 0.175. The molecule has 6 heteroatoms. The summed E-state index contributed by atoms with van der Waals surface area (Å²) < 4.78 is 5.84. The van der Waals surface area contributed by atoms with Gasteiger partial charge in [0, 0.05) is 49.5 Å². The van der Waals surface area contributed by atoms with Crippen molar-refractivity contribution in [2.24, 2.45) is 0 Å². The number of benzene rings is 2. The van der Waals surface area contributed by atoms with Crippen LogP contribution in [-0.2, 0) is 10.8 Å². The molecule has 2 aliphatic carbocycles. The average molecular weight is 649 g/mol. The van der Waals surface area contributed by atoms with Gasteiger partial charge in [0.05, 0.1) is 9.40 Å². The van der Waals surface area contributed by atoms with Crippen LogP contribution in [0.1, 0.15) is 49.9 Å². The van der Waals surface area contributed by atoms with Crippen LogP contribution in [0.2, 0.25) is 0 Å². The van der Waals surface area contributed by atoms with Crippen molar-refractivity contribution in [2.75, 3.05) is 0 Å². The van der Waals surface area contributed by atoms with E-state index in [0.29, 0.717) is 0 Å². The Hall–Kier alpha value is -2.58. The molecule has 0 saturated carbocycles. The maximum Gasteiger partial charge on any atom is 0.0507 e. The van der Waals surface area contributed by atoms with Gasteiger partial charge in [-0.1, -0.05) is 39.8 Å². The molecule has 0 radical (unpaired) electrons. The van der Waals surface area contributed by atoms with Gasteiger partial charge in [0.25, 0.3) is 0 Å². The van der Waals surface area contributed by atoms with Crippen LogP contribution in [0.15, 0.2) is 71.4 Å². The van der Waals surface area contributed by atoms with Crippen LogP contribution >= 0.6 is 68.0 Å². The minimum absolute atomic E-state index is 0.0129. The molecule has 0 N–H and O–H groups in total. The summed E-state index contributed by atoms with van der Waals surface area (Å²) in [5, 5.41) is 7.12. The predicted molar refractivity (Wildman–Crippen MR) is 192 cm³/mol. The molecule has 0 fully saturated rings. The fraction of sp³-hybridized carbons (Fsp3) is 0.167. The summed E-state index contributed by atoms with van der Waals surface area (Å²) in [6.07, 6.45) is 0. The highest BCUT2D eigenvalue weighted by Crippen LogP contribution is 2.64. The van der Waals surface area contributed by atoms with Gasteiger partial charge in [0.2, 0.25) is 0 Å². The highest BCUT2D eigenvalue weighted by Gasteiger charge is 2.45. The second-order valence-electron chi connectivity index (χ2n) is 12.6. The van der Waals surface area contributed by atoms with Crippen molar-refractivity contribution in [3.8, 4) is 40.4 Å². The van der Waals surface area contributed by atoms with Crippen LogP contribution < -0.4 is 0 Å². The Bertz CT molecular complexity index is 2220. The van der Waals surface area contributed by atoms with Gasteiger partial charge in [-0.15, -0.1) is 68.0 Å². The molecule has 2 aromatic carbocycles. The van der Waals surface area contributed by atoms with E-state index in [4.69, 9.17) is 0 Å². The molecular formula is C36H24S6. The molecule has 0 unspecified atom stereocenters.